The summed E-state index contributed by atoms with van der Waals surface area (Å²) in [5.74, 6) is -1.39. The Bertz CT molecular complexity index is 1250. The summed E-state index contributed by atoms with van der Waals surface area (Å²) >= 11 is 0. The van der Waals surface area contributed by atoms with Crippen molar-refractivity contribution in [1.82, 2.24) is 14.3 Å². The third kappa shape index (κ3) is 4.48. The molecule has 0 saturated heterocycles. The number of benzene rings is 2. The normalized spacial score (nSPS) is 15.2. The molecule has 0 atom stereocenters. The molecule has 1 aliphatic heterocycles. The summed E-state index contributed by atoms with van der Waals surface area (Å²) in [6.45, 7) is 3.25. The average Bonchev–Trinajstić information content (AvgIpc) is 2.92. The van der Waals surface area contributed by atoms with Crippen molar-refractivity contribution in [2.45, 2.75) is 37.1 Å². The topological polar surface area (TPSA) is 130 Å². The van der Waals surface area contributed by atoms with E-state index in [1.807, 2.05) is 0 Å². The molecule has 2 amide bonds. The smallest absolute Gasteiger partial charge is 0.269 e. The van der Waals surface area contributed by atoms with E-state index >= 15 is 0 Å². The minimum atomic E-state index is -4.02. The summed E-state index contributed by atoms with van der Waals surface area (Å²) in [7, 11) is -6.18. The number of hydrogen-bond acceptors (Lipinski definition) is 6. The highest BCUT2D eigenvalue weighted by Gasteiger charge is 2.42. The molecule has 166 valence electrons. The first-order valence-corrected chi connectivity index (χ1v) is 12.6. The molecule has 1 heterocycles. The van der Waals surface area contributed by atoms with Crippen molar-refractivity contribution in [3.63, 3.8) is 0 Å². The van der Waals surface area contributed by atoms with Crippen molar-refractivity contribution in [1.29, 1.82) is 0 Å². The van der Waals surface area contributed by atoms with Gasteiger partial charge in [-0.2, -0.15) is 0 Å². The molecule has 0 radical (unpaired) electrons. The van der Waals surface area contributed by atoms with Gasteiger partial charge in [0, 0.05) is 18.2 Å². The van der Waals surface area contributed by atoms with E-state index in [-0.39, 0.29) is 28.3 Å². The van der Waals surface area contributed by atoms with Crippen LogP contribution in [0.5, 0.6) is 0 Å². The summed E-state index contributed by atoms with van der Waals surface area (Å²) in [5, 5.41) is 2.68. The van der Waals surface area contributed by atoms with Gasteiger partial charge in [-0.05, 0) is 50.2 Å². The van der Waals surface area contributed by atoms with Gasteiger partial charge in [0.1, 0.15) is 4.90 Å². The van der Waals surface area contributed by atoms with Gasteiger partial charge < -0.3 is 5.32 Å². The first-order chi connectivity index (χ1) is 14.5. The number of rotatable bonds is 7. The monoisotopic (exact) mass is 465 g/mol. The van der Waals surface area contributed by atoms with E-state index in [1.54, 1.807) is 38.1 Å². The van der Waals surface area contributed by atoms with E-state index in [0.29, 0.717) is 11.1 Å². The number of amides is 2. The molecule has 0 saturated carbocycles. The predicted molar refractivity (Wildman–Crippen MR) is 114 cm³/mol. The van der Waals surface area contributed by atoms with Crippen LogP contribution in [0.1, 0.15) is 45.7 Å². The molecule has 3 rings (SSSR count). The van der Waals surface area contributed by atoms with Gasteiger partial charge in [-0.3, -0.25) is 9.59 Å². The highest BCUT2D eigenvalue weighted by atomic mass is 32.2. The third-order valence-corrected chi connectivity index (χ3v) is 8.21. The Morgan fingerprint density at radius 3 is 2.35 bits per heavy atom. The van der Waals surface area contributed by atoms with E-state index in [9.17, 15) is 26.4 Å². The number of sulfonamides is 2. The molecule has 2 aromatic carbocycles. The van der Waals surface area contributed by atoms with Crippen LogP contribution in [0.15, 0.2) is 47.4 Å². The number of carbonyl (C=O) groups excluding carboxylic acids is 2. The van der Waals surface area contributed by atoms with Crippen LogP contribution in [-0.4, -0.2) is 46.0 Å². The molecule has 0 bridgehead atoms. The van der Waals surface area contributed by atoms with Crippen molar-refractivity contribution in [2.24, 2.45) is 0 Å². The second-order valence-electron chi connectivity index (χ2n) is 7.33. The predicted octanol–water partition coefficient (Wildman–Crippen LogP) is 1.22. The van der Waals surface area contributed by atoms with Gasteiger partial charge in [-0.25, -0.2) is 25.9 Å². The molecule has 0 aliphatic carbocycles. The van der Waals surface area contributed by atoms with Crippen LogP contribution in [0.2, 0.25) is 0 Å². The number of carbonyl (C=O) groups is 2. The van der Waals surface area contributed by atoms with Crippen molar-refractivity contribution in [3.05, 3.63) is 64.7 Å². The Kier molecular flexibility index (Phi) is 6.21. The van der Waals surface area contributed by atoms with E-state index in [0.717, 1.165) is 4.31 Å². The third-order valence-electron chi connectivity index (χ3n) is 4.89. The van der Waals surface area contributed by atoms with Crippen molar-refractivity contribution in [2.75, 3.05) is 7.05 Å². The van der Waals surface area contributed by atoms with E-state index in [1.165, 1.54) is 25.2 Å². The molecule has 2 N–H and O–H groups in total. The van der Waals surface area contributed by atoms with Crippen molar-refractivity contribution < 1.29 is 26.4 Å². The molecule has 0 spiro atoms. The SMILES string of the molecule is CNS(=O)(=O)Cc1ccccc1CNC(=O)c1ccc2c(c1)S(=O)(=O)N(C(C)C)C2=O. The number of nitrogens with zero attached hydrogens (tertiary/aromatic N) is 1. The second kappa shape index (κ2) is 8.40. The molecule has 2 aromatic rings. The Balaban J connectivity index is 1.82. The summed E-state index contributed by atoms with van der Waals surface area (Å²) < 4.78 is 52.2. The van der Waals surface area contributed by atoms with E-state index in [4.69, 9.17) is 0 Å². The molecule has 31 heavy (non-hydrogen) atoms. The summed E-state index contributed by atoms with van der Waals surface area (Å²) in [6, 6.07) is 10.2. The average molecular weight is 466 g/mol. The summed E-state index contributed by atoms with van der Waals surface area (Å²) in [4.78, 5) is 24.9. The van der Waals surface area contributed by atoms with E-state index < -0.39 is 37.9 Å². The fourth-order valence-corrected chi connectivity index (χ4v) is 5.95. The zero-order chi connectivity index (χ0) is 23.0. The molecule has 11 heteroatoms. The Labute approximate surface area is 181 Å². The lowest BCUT2D eigenvalue weighted by Crippen LogP contribution is -2.36. The van der Waals surface area contributed by atoms with Crippen LogP contribution < -0.4 is 10.0 Å². The highest BCUT2D eigenvalue weighted by molar-refractivity contribution is 7.90. The van der Waals surface area contributed by atoms with Crippen LogP contribution in [0.4, 0.5) is 0 Å². The molecule has 0 aromatic heterocycles. The fourth-order valence-electron chi connectivity index (χ4n) is 3.32. The first-order valence-electron chi connectivity index (χ1n) is 9.47. The Morgan fingerprint density at radius 1 is 1.10 bits per heavy atom. The minimum Gasteiger partial charge on any atom is -0.348 e. The number of fused-ring (bicyclic) bond motifs is 1. The van der Waals surface area contributed by atoms with Gasteiger partial charge in [0.15, 0.2) is 0 Å². The molecule has 1 aliphatic rings. The lowest BCUT2D eigenvalue weighted by atomic mass is 10.1. The fraction of sp³-hybridized carbons (Fsp3) is 0.300. The van der Waals surface area contributed by atoms with Crippen LogP contribution >= 0.6 is 0 Å². The summed E-state index contributed by atoms with van der Waals surface area (Å²) in [6.07, 6.45) is 0. The maximum absolute atomic E-state index is 12.7. The first kappa shape index (κ1) is 22.9. The maximum atomic E-state index is 12.7. The number of nitrogens with one attached hydrogen (secondary N) is 2. The van der Waals surface area contributed by atoms with Crippen LogP contribution in [-0.2, 0) is 32.3 Å². The Hall–Kier alpha value is -2.76. The lowest BCUT2D eigenvalue weighted by molar-refractivity contribution is 0.0845. The van der Waals surface area contributed by atoms with Gasteiger partial charge in [-0.1, -0.05) is 24.3 Å². The maximum Gasteiger partial charge on any atom is 0.269 e. The number of hydrogen-bond donors (Lipinski definition) is 2. The van der Waals surface area contributed by atoms with Gasteiger partial charge in [0.25, 0.3) is 21.8 Å². The lowest BCUT2D eigenvalue weighted by Gasteiger charge is -2.18. The second-order valence-corrected chi connectivity index (χ2v) is 11.0. The molecule has 0 fully saturated rings. The van der Waals surface area contributed by atoms with Crippen molar-refractivity contribution in [3.8, 4) is 0 Å². The quantitative estimate of drug-likeness (QED) is 0.632. The zero-order valence-electron chi connectivity index (χ0n) is 17.2. The van der Waals surface area contributed by atoms with Crippen molar-refractivity contribution >= 4 is 31.9 Å². The van der Waals surface area contributed by atoms with E-state index in [2.05, 4.69) is 10.0 Å². The molecule has 9 nitrogen and oxygen atoms in total. The zero-order valence-corrected chi connectivity index (χ0v) is 18.9. The van der Waals surface area contributed by atoms with Crippen LogP contribution in [0.25, 0.3) is 0 Å². The van der Waals surface area contributed by atoms with Crippen LogP contribution in [0.3, 0.4) is 0 Å². The van der Waals surface area contributed by atoms with Gasteiger partial charge in [0.05, 0.1) is 11.3 Å². The molecular weight excluding hydrogens is 442 g/mol. The largest absolute Gasteiger partial charge is 0.348 e. The minimum absolute atomic E-state index is 0.0351. The molecule has 0 unspecified atom stereocenters. The standard InChI is InChI=1S/C20H23N3O6S2/c1-13(2)23-20(25)17-9-8-14(10-18(17)31(23,28)29)19(24)22-11-15-6-4-5-7-16(15)12-30(26,27)21-3/h4-10,13,21H,11-12H2,1-3H3,(H,22,24). The molecular formula is C20H23N3O6S2. The highest BCUT2D eigenvalue weighted by Crippen LogP contribution is 2.32. The summed E-state index contributed by atoms with van der Waals surface area (Å²) in [5.41, 5.74) is 1.27. The van der Waals surface area contributed by atoms with Gasteiger partial charge in [-0.15, -0.1) is 0 Å². The van der Waals surface area contributed by atoms with Gasteiger partial charge >= 0.3 is 0 Å². The Morgan fingerprint density at radius 2 is 1.74 bits per heavy atom. The van der Waals surface area contributed by atoms with Gasteiger partial charge in [0.2, 0.25) is 10.0 Å². The van der Waals surface area contributed by atoms with Crippen LogP contribution in [0, 0.1) is 0 Å².